The third-order valence-electron chi connectivity index (χ3n) is 3.14. The monoisotopic (exact) mass is 237 g/mol. The number of rotatable bonds is 4. The number of hydrogen-bond donors (Lipinski definition) is 1. The molecule has 1 aromatic rings. The molecule has 2 rings (SSSR count). The highest BCUT2D eigenvalue weighted by Crippen LogP contribution is 2.20. The van der Waals surface area contributed by atoms with Crippen molar-refractivity contribution < 1.29 is 9.53 Å². The molecule has 1 saturated heterocycles. The van der Waals surface area contributed by atoms with Crippen molar-refractivity contribution in [3.05, 3.63) is 18.5 Å². The predicted molar refractivity (Wildman–Crippen MR) is 63.4 cm³/mol. The Kier molecular flexibility index (Phi) is 4.14. The minimum absolute atomic E-state index is 0.00127. The third kappa shape index (κ3) is 3.30. The minimum Gasteiger partial charge on any atom is -0.378 e. The van der Waals surface area contributed by atoms with Crippen LogP contribution >= 0.6 is 0 Å². The SMILES string of the molecule is C[C@@H]1OCCC[C@H]1C(=O)NCCn1cccn1. The van der Waals surface area contributed by atoms with Crippen LogP contribution in [0.25, 0.3) is 0 Å². The highest BCUT2D eigenvalue weighted by molar-refractivity contribution is 5.79. The van der Waals surface area contributed by atoms with Crippen LogP contribution in [-0.4, -0.2) is 34.9 Å². The van der Waals surface area contributed by atoms with Gasteiger partial charge in [0, 0.05) is 25.5 Å². The second-order valence-electron chi connectivity index (χ2n) is 4.38. The van der Waals surface area contributed by atoms with E-state index < -0.39 is 0 Å². The maximum atomic E-state index is 11.9. The van der Waals surface area contributed by atoms with Gasteiger partial charge in [0.2, 0.25) is 5.91 Å². The van der Waals surface area contributed by atoms with E-state index in [1.807, 2.05) is 19.2 Å². The zero-order valence-corrected chi connectivity index (χ0v) is 10.1. The summed E-state index contributed by atoms with van der Waals surface area (Å²) < 4.78 is 7.29. The Balaban J connectivity index is 1.73. The first-order chi connectivity index (χ1) is 8.27. The summed E-state index contributed by atoms with van der Waals surface area (Å²) in [5.74, 6) is 0.103. The summed E-state index contributed by atoms with van der Waals surface area (Å²) >= 11 is 0. The van der Waals surface area contributed by atoms with Gasteiger partial charge in [-0.2, -0.15) is 5.10 Å². The van der Waals surface area contributed by atoms with E-state index in [0.29, 0.717) is 13.1 Å². The molecule has 1 fully saturated rings. The molecule has 1 aliphatic heterocycles. The first-order valence-corrected chi connectivity index (χ1v) is 6.14. The molecular formula is C12H19N3O2. The standard InChI is InChI=1S/C12H19N3O2/c1-10-11(4-2-9-17-10)12(16)13-6-8-15-7-3-5-14-15/h3,5,7,10-11H,2,4,6,8-9H2,1H3,(H,13,16)/t10-,11+/m0/s1. The Morgan fingerprint density at radius 1 is 1.65 bits per heavy atom. The van der Waals surface area contributed by atoms with E-state index in [1.165, 1.54) is 0 Å². The molecule has 0 aliphatic carbocycles. The van der Waals surface area contributed by atoms with Crippen molar-refractivity contribution in [1.29, 1.82) is 0 Å². The first kappa shape index (κ1) is 12.1. The van der Waals surface area contributed by atoms with Crippen LogP contribution in [0.4, 0.5) is 0 Å². The van der Waals surface area contributed by atoms with E-state index in [-0.39, 0.29) is 17.9 Å². The van der Waals surface area contributed by atoms with Crippen LogP contribution in [0.2, 0.25) is 0 Å². The number of carbonyl (C=O) groups excluding carboxylic acids is 1. The highest BCUT2D eigenvalue weighted by Gasteiger charge is 2.28. The maximum Gasteiger partial charge on any atom is 0.225 e. The molecule has 0 saturated carbocycles. The Morgan fingerprint density at radius 2 is 2.53 bits per heavy atom. The molecule has 5 heteroatoms. The first-order valence-electron chi connectivity index (χ1n) is 6.14. The van der Waals surface area contributed by atoms with Crippen LogP contribution in [0, 0.1) is 5.92 Å². The summed E-state index contributed by atoms with van der Waals surface area (Å²) in [6.07, 6.45) is 5.56. The summed E-state index contributed by atoms with van der Waals surface area (Å²) in [5.41, 5.74) is 0. The molecule has 1 N–H and O–H groups in total. The van der Waals surface area contributed by atoms with E-state index >= 15 is 0 Å². The van der Waals surface area contributed by atoms with Gasteiger partial charge in [0.15, 0.2) is 0 Å². The van der Waals surface area contributed by atoms with E-state index in [4.69, 9.17) is 4.74 Å². The van der Waals surface area contributed by atoms with Crippen LogP contribution in [0.15, 0.2) is 18.5 Å². The fraction of sp³-hybridized carbons (Fsp3) is 0.667. The molecule has 1 aliphatic rings. The number of ether oxygens (including phenoxy) is 1. The Morgan fingerprint density at radius 3 is 3.24 bits per heavy atom. The van der Waals surface area contributed by atoms with Gasteiger partial charge < -0.3 is 10.1 Å². The molecule has 0 radical (unpaired) electrons. The molecule has 0 bridgehead atoms. The zero-order valence-electron chi connectivity index (χ0n) is 10.1. The number of aromatic nitrogens is 2. The van der Waals surface area contributed by atoms with Gasteiger partial charge in [0.05, 0.1) is 18.6 Å². The van der Waals surface area contributed by atoms with Crippen molar-refractivity contribution in [3.63, 3.8) is 0 Å². The number of amides is 1. The van der Waals surface area contributed by atoms with E-state index in [0.717, 1.165) is 19.4 Å². The molecule has 0 unspecified atom stereocenters. The van der Waals surface area contributed by atoms with Gasteiger partial charge >= 0.3 is 0 Å². The van der Waals surface area contributed by atoms with Crippen LogP contribution in [0.5, 0.6) is 0 Å². The number of nitrogens with zero attached hydrogens (tertiary/aromatic N) is 2. The summed E-state index contributed by atoms with van der Waals surface area (Å²) in [4.78, 5) is 11.9. The average molecular weight is 237 g/mol. The van der Waals surface area contributed by atoms with Crippen LogP contribution in [0.3, 0.4) is 0 Å². The van der Waals surface area contributed by atoms with Crippen molar-refractivity contribution in [2.45, 2.75) is 32.4 Å². The molecule has 0 spiro atoms. The Hall–Kier alpha value is -1.36. The quantitative estimate of drug-likeness (QED) is 0.843. The van der Waals surface area contributed by atoms with Crippen LogP contribution in [0.1, 0.15) is 19.8 Å². The molecule has 2 heterocycles. The van der Waals surface area contributed by atoms with Gasteiger partial charge in [-0.25, -0.2) is 0 Å². The van der Waals surface area contributed by atoms with Gasteiger partial charge in [-0.1, -0.05) is 0 Å². The molecule has 1 aromatic heterocycles. The molecular weight excluding hydrogens is 218 g/mol. The number of carbonyl (C=O) groups is 1. The largest absolute Gasteiger partial charge is 0.378 e. The van der Waals surface area contributed by atoms with Gasteiger partial charge in [0.25, 0.3) is 0 Å². The summed E-state index contributed by atoms with van der Waals surface area (Å²) in [6, 6.07) is 1.87. The second-order valence-corrected chi connectivity index (χ2v) is 4.38. The van der Waals surface area contributed by atoms with Crippen LogP contribution < -0.4 is 5.32 Å². The molecule has 17 heavy (non-hydrogen) atoms. The smallest absolute Gasteiger partial charge is 0.225 e. The maximum absolute atomic E-state index is 11.9. The highest BCUT2D eigenvalue weighted by atomic mass is 16.5. The van der Waals surface area contributed by atoms with Crippen molar-refractivity contribution >= 4 is 5.91 Å². The third-order valence-corrected chi connectivity index (χ3v) is 3.14. The van der Waals surface area contributed by atoms with E-state index in [1.54, 1.807) is 10.9 Å². The van der Waals surface area contributed by atoms with E-state index in [9.17, 15) is 4.79 Å². The van der Waals surface area contributed by atoms with Crippen molar-refractivity contribution in [3.8, 4) is 0 Å². The second kappa shape index (κ2) is 5.82. The lowest BCUT2D eigenvalue weighted by Crippen LogP contribution is -2.41. The molecule has 5 nitrogen and oxygen atoms in total. The van der Waals surface area contributed by atoms with Gasteiger partial charge in [-0.3, -0.25) is 9.48 Å². The van der Waals surface area contributed by atoms with Crippen molar-refractivity contribution in [1.82, 2.24) is 15.1 Å². The number of nitrogens with one attached hydrogen (secondary N) is 1. The minimum atomic E-state index is 0.00127. The molecule has 2 atom stereocenters. The molecule has 0 aromatic carbocycles. The average Bonchev–Trinajstić information content (AvgIpc) is 2.82. The Labute approximate surface area is 101 Å². The zero-order chi connectivity index (χ0) is 12.1. The normalized spacial score (nSPS) is 24.5. The molecule has 94 valence electrons. The van der Waals surface area contributed by atoms with Crippen molar-refractivity contribution in [2.24, 2.45) is 5.92 Å². The summed E-state index contributed by atoms with van der Waals surface area (Å²) in [5, 5.41) is 7.02. The topological polar surface area (TPSA) is 56.1 Å². The predicted octanol–water partition coefficient (Wildman–Crippen LogP) is 0.814. The fourth-order valence-electron chi connectivity index (χ4n) is 2.13. The van der Waals surface area contributed by atoms with Crippen LogP contribution in [-0.2, 0) is 16.1 Å². The Bertz CT molecular complexity index is 351. The lowest BCUT2D eigenvalue weighted by Gasteiger charge is -2.27. The van der Waals surface area contributed by atoms with Gasteiger partial charge in [0.1, 0.15) is 0 Å². The lowest BCUT2D eigenvalue weighted by atomic mass is 9.94. The lowest BCUT2D eigenvalue weighted by molar-refractivity contribution is -0.133. The van der Waals surface area contributed by atoms with E-state index in [2.05, 4.69) is 10.4 Å². The number of hydrogen-bond acceptors (Lipinski definition) is 3. The summed E-state index contributed by atoms with van der Waals surface area (Å²) in [6.45, 7) is 4.07. The molecule has 1 amide bonds. The summed E-state index contributed by atoms with van der Waals surface area (Å²) in [7, 11) is 0. The van der Waals surface area contributed by atoms with Gasteiger partial charge in [-0.05, 0) is 25.8 Å². The van der Waals surface area contributed by atoms with Crippen molar-refractivity contribution in [2.75, 3.05) is 13.2 Å². The van der Waals surface area contributed by atoms with Gasteiger partial charge in [-0.15, -0.1) is 0 Å². The fourth-order valence-corrected chi connectivity index (χ4v) is 2.13.